The molecule has 1 aromatic rings. The molecule has 0 bridgehead atoms. The Labute approximate surface area is 132 Å². The second kappa shape index (κ2) is 8.79. The summed E-state index contributed by atoms with van der Waals surface area (Å²) in [6.07, 6.45) is 8.08. The maximum absolute atomic E-state index is 10.9. The number of rotatable bonds is 9. The first-order valence-electron chi connectivity index (χ1n) is 8.41. The summed E-state index contributed by atoms with van der Waals surface area (Å²) in [6.45, 7) is 2.83. The molecule has 22 heavy (non-hydrogen) atoms. The molecule has 0 aliphatic carbocycles. The summed E-state index contributed by atoms with van der Waals surface area (Å²) in [6, 6.07) is 7.75. The maximum Gasteiger partial charge on any atom is 0.320 e. The highest BCUT2D eigenvalue weighted by Crippen LogP contribution is 2.19. The predicted octanol–water partition coefficient (Wildman–Crippen LogP) is 3.39. The van der Waals surface area contributed by atoms with E-state index in [4.69, 9.17) is 9.84 Å². The van der Waals surface area contributed by atoms with Crippen molar-refractivity contribution in [2.45, 2.75) is 64.0 Å². The van der Waals surface area contributed by atoms with Gasteiger partial charge in [0, 0.05) is 13.0 Å². The Morgan fingerprint density at radius 1 is 1.23 bits per heavy atom. The van der Waals surface area contributed by atoms with Gasteiger partial charge in [0.25, 0.3) is 0 Å². The molecule has 0 spiro atoms. The number of unbranched alkanes of at least 4 members (excludes halogenated alkanes) is 4. The summed E-state index contributed by atoms with van der Waals surface area (Å²) in [7, 11) is 0. The molecule has 1 aliphatic heterocycles. The second-order valence-corrected chi connectivity index (χ2v) is 6.08. The van der Waals surface area contributed by atoms with Gasteiger partial charge in [-0.05, 0) is 30.5 Å². The number of aliphatic carboxylic acids is 1. The fraction of sp³-hybridized carbons (Fsp3) is 0.611. The highest BCUT2D eigenvalue weighted by molar-refractivity contribution is 5.73. The third-order valence-corrected chi connectivity index (χ3v) is 4.18. The van der Waals surface area contributed by atoms with E-state index in [0.717, 1.165) is 12.2 Å². The zero-order chi connectivity index (χ0) is 15.8. The van der Waals surface area contributed by atoms with Gasteiger partial charge in [0.05, 0.1) is 0 Å². The van der Waals surface area contributed by atoms with E-state index < -0.39 is 12.0 Å². The Kier molecular flexibility index (Phi) is 6.72. The van der Waals surface area contributed by atoms with Crippen LogP contribution >= 0.6 is 0 Å². The summed E-state index contributed by atoms with van der Waals surface area (Å²) in [5, 5.41) is 11.9. The standard InChI is InChI=1S/C18H27NO3/c1-2-3-4-5-6-7-14-8-10-15(11-9-14)22-16-12-17(18(20)21)19-13-16/h8-11,16-17,19H,2-7,12-13H2,1H3,(H,20,21)/t16?,17-/m0/s1. The minimum absolute atomic E-state index is 0.0546. The van der Waals surface area contributed by atoms with Crippen molar-refractivity contribution in [2.75, 3.05) is 6.54 Å². The lowest BCUT2D eigenvalue weighted by Gasteiger charge is -2.13. The van der Waals surface area contributed by atoms with E-state index in [1.165, 1.54) is 37.7 Å². The van der Waals surface area contributed by atoms with Crippen molar-refractivity contribution in [3.63, 3.8) is 0 Å². The minimum Gasteiger partial charge on any atom is -0.489 e. The molecule has 1 aromatic carbocycles. The Morgan fingerprint density at radius 2 is 1.95 bits per heavy atom. The Morgan fingerprint density at radius 3 is 2.59 bits per heavy atom. The van der Waals surface area contributed by atoms with Crippen LogP contribution in [0.25, 0.3) is 0 Å². The van der Waals surface area contributed by atoms with E-state index in [-0.39, 0.29) is 6.10 Å². The molecule has 0 saturated carbocycles. The topological polar surface area (TPSA) is 58.6 Å². The molecule has 1 heterocycles. The Hall–Kier alpha value is -1.55. The number of nitrogens with one attached hydrogen (secondary N) is 1. The highest BCUT2D eigenvalue weighted by Gasteiger charge is 2.30. The summed E-state index contributed by atoms with van der Waals surface area (Å²) >= 11 is 0. The lowest BCUT2D eigenvalue weighted by molar-refractivity contribution is -0.139. The number of carboxylic acid groups (broad SMARTS) is 1. The van der Waals surface area contributed by atoms with Gasteiger partial charge in [-0.1, -0.05) is 44.7 Å². The molecular weight excluding hydrogens is 278 g/mol. The molecule has 122 valence electrons. The average molecular weight is 305 g/mol. The predicted molar refractivity (Wildman–Crippen MR) is 87.4 cm³/mol. The molecule has 2 rings (SSSR count). The molecule has 1 fully saturated rings. The van der Waals surface area contributed by atoms with Crippen molar-refractivity contribution in [2.24, 2.45) is 0 Å². The first-order valence-corrected chi connectivity index (χ1v) is 8.41. The molecule has 0 amide bonds. The fourth-order valence-corrected chi connectivity index (χ4v) is 2.84. The number of benzene rings is 1. The number of hydrogen-bond donors (Lipinski definition) is 2. The number of hydrogen-bond acceptors (Lipinski definition) is 3. The quantitative estimate of drug-likeness (QED) is 0.687. The van der Waals surface area contributed by atoms with Gasteiger partial charge >= 0.3 is 5.97 Å². The highest BCUT2D eigenvalue weighted by atomic mass is 16.5. The molecular formula is C18H27NO3. The summed E-state index contributed by atoms with van der Waals surface area (Å²) in [5.41, 5.74) is 1.34. The second-order valence-electron chi connectivity index (χ2n) is 6.08. The molecule has 1 saturated heterocycles. The van der Waals surface area contributed by atoms with Gasteiger partial charge in [-0.3, -0.25) is 4.79 Å². The van der Waals surface area contributed by atoms with Crippen LogP contribution in [0.2, 0.25) is 0 Å². The Balaban J connectivity index is 1.72. The third-order valence-electron chi connectivity index (χ3n) is 4.18. The van der Waals surface area contributed by atoms with Crippen LogP contribution in [0.1, 0.15) is 51.0 Å². The van der Waals surface area contributed by atoms with Crippen LogP contribution in [0.4, 0.5) is 0 Å². The van der Waals surface area contributed by atoms with Crippen molar-refractivity contribution < 1.29 is 14.6 Å². The SMILES string of the molecule is CCCCCCCc1ccc(OC2CN[C@H](C(=O)O)C2)cc1. The van der Waals surface area contributed by atoms with E-state index >= 15 is 0 Å². The number of aryl methyl sites for hydroxylation is 1. The molecule has 1 unspecified atom stereocenters. The van der Waals surface area contributed by atoms with Crippen LogP contribution in [0.3, 0.4) is 0 Å². The van der Waals surface area contributed by atoms with Crippen molar-refractivity contribution in [3.05, 3.63) is 29.8 Å². The van der Waals surface area contributed by atoms with E-state index in [9.17, 15) is 4.79 Å². The van der Waals surface area contributed by atoms with Crippen LogP contribution in [-0.4, -0.2) is 29.8 Å². The number of ether oxygens (including phenoxy) is 1. The van der Waals surface area contributed by atoms with E-state index in [1.807, 2.05) is 12.1 Å². The first kappa shape index (κ1) is 16.8. The summed E-state index contributed by atoms with van der Waals surface area (Å²) in [5.74, 6) is 0.0251. The third kappa shape index (κ3) is 5.34. The molecule has 2 atom stereocenters. The van der Waals surface area contributed by atoms with E-state index in [1.54, 1.807) is 0 Å². The molecule has 2 N–H and O–H groups in total. The lowest BCUT2D eigenvalue weighted by atomic mass is 10.1. The van der Waals surface area contributed by atoms with Crippen LogP contribution in [0.15, 0.2) is 24.3 Å². The lowest BCUT2D eigenvalue weighted by Crippen LogP contribution is -2.30. The van der Waals surface area contributed by atoms with Crippen molar-refractivity contribution in [3.8, 4) is 5.75 Å². The largest absolute Gasteiger partial charge is 0.489 e. The molecule has 1 aliphatic rings. The zero-order valence-electron chi connectivity index (χ0n) is 13.4. The molecule has 0 aromatic heterocycles. The average Bonchev–Trinajstić information content (AvgIpc) is 2.97. The van der Waals surface area contributed by atoms with Crippen LogP contribution in [0, 0.1) is 0 Å². The van der Waals surface area contributed by atoms with Crippen LogP contribution < -0.4 is 10.1 Å². The molecule has 4 nitrogen and oxygen atoms in total. The monoisotopic (exact) mass is 305 g/mol. The normalized spacial score (nSPS) is 21.0. The van der Waals surface area contributed by atoms with Gasteiger partial charge in [0.1, 0.15) is 17.9 Å². The van der Waals surface area contributed by atoms with Gasteiger partial charge < -0.3 is 15.2 Å². The fourth-order valence-electron chi connectivity index (χ4n) is 2.84. The smallest absolute Gasteiger partial charge is 0.320 e. The van der Waals surface area contributed by atoms with Crippen molar-refractivity contribution in [1.29, 1.82) is 0 Å². The number of carbonyl (C=O) groups is 1. The van der Waals surface area contributed by atoms with E-state index in [2.05, 4.69) is 24.4 Å². The summed E-state index contributed by atoms with van der Waals surface area (Å²) in [4.78, 5) is 10.9. The maximum atomic E-state index is 10.9. The van der Waals surface area contributed by atoms with Gasteiger partial charge in [-0.15, -0.1) is 0 Å². The first-order chi connectivity index (χ1) is 10.7. The van der Waals surface area contributed by atoms with Crippen molar-refractivity contribution >= 4 is 5.97 Å². The minimum atomic E-state index is -0.801. The molecule has 0 radical (unpaired) electrons. The van der Waals surface area contributed by atoms with Crippen LogP contribution in [0.5, 0.6) is 5.75 Å². The van der Waals surface area contributed by atoms with Crippen molar-refractivity contribution in [1.82, 2.24) is 5.32 Å². The van der Waals surface area contributed by atoms with E-state index in [0.29, 0.717) is 13.0 Å². The Bertz CT molecular complexity index is 458. The summed E-state index contributed by atoms with van der Waals surface area (Å²) < 4.78 is 5.84. The van der Waals surface area contributed by atoms with Gasteiger partial charge in [-0.2, -0.15) is 0 Å². The van der Waals surface area contributed by atoms with Gasteiger partial charge in [0.2, 0.25) is 0 Å². The van der Waals surface area contributed by atoms with Gasteiger partial charge in [0.15, 0.2) is 0 Å². The van der Waals surface area contributed by atoms with Gasteiger partial charge in [-0.25, -0.2) is 0 Å². The zero-order valence-corrected chi connectivity index (χ0v) is 13.4. The van der Waals surface area contributed by atoms with Crippen LogP contribution in [-0.2, 0) is 11.2 Å². The molecule has 4 heteroatoms. The number of carboxylic acids is 1.